The van der Waals surface area contributed by atoms with Crippen molar-refractivity contribution in [2.24, 2.45) is 5.92 Å². The molecule has 1 aliphatic rings. The van der Waals surface area contributed by atoms with Crippen LogP contribution in [0.3, 0.4) is 0 Å². The Bertz CT molecular complexity index is 455. The molecule has 0 aromatic heterocycles. The van der Waals surface area contributed by atoms with Crippen molar-refractivity contribution >= 4 is 10.6 Å². The maximum Gasteiger partial charge on any atom is 0.0587 e. The van der Waals surface area contributed by atoms with Gasteiger partial charge in [0.25, 0.3) is 0 Å². The van der Waals surface area contributed by atoms with E-state index in [1.54, 1.807) is 0 Å². The minimum Gasteiger partial charge on any atom is -0.295 e. The molecular weight excluding hydrogens is 304 g/mol. The summed E-state index contributed by atoms with van der Waals surface area (Å²) in [7, 11) is -2.72. The molecule has 1 aromatic rings. The van der Waals surface area contributed by atoms with Gasteiger partial charge < -0.3 is 0 Å². The quantitative estimate of drug-likeness (QED) is 0.608. The zero-order valence-corrected chi connectivity index (χ0v) is 15.7. The van der Waals surface area contributed by atoms with E-state index >= 15 is 0 Å². The zero-order valence-electron chi connectivity index (χ0n) is 14.8. The van der Waals surface area contributed by atoms with Crippen LogP contribution in [0.4, 0.5) is 0 Å². The molecule has 0 heterocycles. The van der Waals surface area contributed by atoms with Crippen molar-refractivity contribution in [1.82, 2.24) is 0 Å². The van der Waals surface area contributed by atoms with Crippen molar-refractivity contribution in [3.8, 4) is 0 Å². The first kappa shape index (κ1) is 18.8. The van der Waals surface area contributed by atoms with E-state index in [2.05, 4.69) is 6.92 Å². The third kappa shape index (κ3) is 5.51. The molecule has 2 N–H and O–H groups in total. The normalized spacial score (nSPS) is 26.1. The summed E-state index contributed by atoms with van der Waals surface area (Å²) in [5.41, 5.74) is 1.16. The lowest BCUT2D eigenvalue weighted by Gasteiger charge is -2.44. The van der Waals surface area contributed by atoms with E-state index < -0.39 is 10.6 Å². The van der Waals surface area contributed by atoms with E-state index in [0.29, 0.717) is 5.92 Å². The third-order valence-electron chi connectivity index (χ3n) is 5.32. The smallest absolute Gasteiger partial charge is 0.0587 e. The Balaban J connectivity index is 2.13. The highest BCUT2D eigenvalue weighted by atomic mass is 32.3. The van der Waals surface area contributed by atoms with Gasteiger partial charge in [0, 0.05) is 0 Å². The summed E-state index contributed by atoms with van der Waals surface area (Å²) < 4.78 is 22.0. The van der Waals surface area contributed by atoms with Crippen molar-refractivity contribution < 1.29 is 9.11 Å². The highest BCUT2D eigenvalue weighted by Gasteiger charge is 2.31. The maximum absolute atomic E-state index is 11.0. The molecule has 0 saturated heterocycles. The van der Waals surface area contributed by atoms with Crippen molar-refractivity contribution in [3.63, 3.8) is 0 Å². The molecule has 132 valence electrons. The van der Waals surface area contributed by atoms with Crippen LogP contribution in [0.25, 0.3) is 0 Å². The Kier molecular flexibility index (Phi) is 7.45. The molecule has 23 heavy (non-hydrogen) atoms. The van der Waals surface area contributed by atoms with Crippen LogP contribution in [-0.4, -0.2) is 14.4 Å². The Morgan fingerprint density at radius 2 is 1.26 bits per heavy atom. The lowest BCUT2D eigenvalue weighted by Crippen LogP contribution is -2.26. The maximum atomic E-state index is 11.0. The van der Waals surface area contributed by atoms with E-state index in [-0.39, 0.29) is 5.25 Å². The van der Waals surface area contributed by atoms with Gasteiger partial charge in [0.1, 0.15) is 0 Å². The van der Waals surface area contributed by atoms with Gasteiger partial charge in [-0.15, -0.1) is 0 Å². The predicted molar refractivity (Wildman–Crippen MR) is 101 cm³/mol. The van der Waals surface area contributed by atoms with Gasteiger partial charge >= 0.3 is 0 Å². The lowest BCUT2D eigenvalue weighted by molar-refractivity contribution is 0.382. The fourth-order valence-corrected chi connectivity index (χ4v) is 5.91. The van der Waals surface area contributed by atoms with E-state index in [4.69, 9.17) is 0 Å². The van der Waals surface area contributed by atoms with Crippen LogP contribution in [0.1, 0.15) is 76.7 Å². The molecule has 1 fully saturated rings. The molecule has 2 unspecified atom stereocenters. The van der Waals surface area contributed by atoms with Gasteiger partial charge in [0.05, 0.1) is 10.1 Å². The van der Waals surface area contributed by atoms with E-state index in [1.807, 2.05) is 31.2 Å². The standard InChI is InChI=1S/C20H34O2S/c1-17-13-15-19(16-14-17)23(21,22)20-12-10-8-6-4-3-5-7-9-11-18(20)2/h13-16,18,20-22H,3-12H2,1-2H3. The SMILES string of the molecule is Cc1ccc(S(O)(O)C2CCCCCCCCCCC2C)cc1. The van der Waals surface area contributed by atoms with Crippen LogP contribution in [0.5, 0.6) is 0 Å². The summed E-state index contributed by atoms with van der Waals surface area (Å²) in [4.78, 5) is 0.729. The van der Waals surface area contributed by atoms with E-state index in [0.717, 1.165) is 29.7 Å². The molecule has 2 rings (SSSR count). The molecular formula is C20H34O2S. The van der Waals surface area contributed by atoms with Gasteiger partial charge in [0.15, 0.2) is 0 Å². The van der Waals surface area contributed by atoms with Crippen LogP contribution in [0.2, 0.25) is 0 Å². The molecule has 0 bridgehead atoms. The van der Waals surface area contributed by atoms with Crippen LogP contribution < -0.4 is 0 Å². The van der Waals surface area contributed by atoms with Crippen LogP contribution in [-0.2, 0) is 0 Å². The summed E-state index contributed by atoms with van der Waals surface area (Å²) in [6, 6.07) is 7.80. The van der Waals surface area contributed by atoms with Gasteiger partial charge in [-0.3, -0.25) is 9.11 Å². The highest BCUT2D eigenvalue weighted by Crippen LogP contribution is 2.57. The molecule has 1 saturated carbocycles. The average Bonchev–Trinajstić information content (AvgIpc) is 2.51. The molecule has 1 aliphatic carbocycles. The topological polar surface area (TPSA) is 40.5 Å². The lowest BCUT2D eigenvalue weighted by atomic mass is 9.94. The fourth-order valence-electron chi connectivity index (χ4n) is 3.74. The van der Waals surface area contributed by atoms with Gasteiger partial charge in [-0.1, -0.05) is 76.0 Å². The second-order valence-electron chi connectivity index (χ2n) is 7.33. The molecule has 1 aromatic carbocycles. The first-order valence-corrected chi connectivity index (χ1v) is 11.0. The number of hydrogen-bond donors (Lipinski definition) is 2. The fraction of sp³-hybridized carbons (Fsp3) is 0.700. The van der Waals surface area contributed by atoms with Crippen molar-refractivity contribution in [3.05, 3.63) is 29.8 Å². The summed E-state index contributed by atoms with van der Waals surface area (Å²) in [6.45, 7) is 4.26. The molecule has 0 radical (unpaired) electrons. The van der Waals surface area contributed by atoms with Gasteiger partial charge in [0.2, 0.25) is 0 Å². The minimum atomic E-state index is -2.72. The summed E-state index contributed by atoms with van der Waals surface area (Å²) in [6.07, 6.45) is 12.3. The first-order valence-electron chi connectivity index (χ1n) is 9.35. The monoisotopic (exact) mass is 338 g/mol. The van der Waals surface area contributed by atoms with E-state index in [1.165, 1.54) is 44.9 Å². The number of benzene rings is 1. The Hall–Kier alpha value is -0.510. The third-order valence-corrected chi connectivity index (χ3v) is 7.83. The summed E-state index contributed by atoms with van der Waals surface area (Å²) in [5, 5.41) is 0.00429. The van der Waals surface area contributed by atoms with Gasteiger partial charge in [-0.25, -0.2) is 0 Å². The first-order chi connectivity index (χ1) is 11.0. The van der Waals surface area contributed by atoms with E-state index in [9.17, 15) is 9.11 Å². The van der Waals surface area contributed by atoms with Crippen molar-refractivity contribution in [1.29, 1.82) is 0 Å². The van der Waals surface area contributed by atoms with Crippen molar-refractivity contribution in [2.45, 2.75) is 88.2 Å². The van der Waals surface area contributed by atoms with Crippen molar-refractivity contribution in [2.75, 3.05) is 0 Å². The summed E-state index contributed by atoms with van der Waals surface area (Å²) >= 11 is 0. The number of aryl methyl sites for hydroxylation is 1. The van der Waals surface area contributed by atoms with Gasteiger partial charge in [-0.05, 0) is 37.8 Å². The predicted octanol–water partition coefficient (Wildman–Crippen LogP) is 7.02. The largest absolute Gasteiger partial charge is 0.295 e. The zero-order chi connectivity index (χ0) is 16.7. The summed E-state index contributed by atoms with van der Waals surface area (Å²) in [5.74, 6) is 0.376. The van der Waals surface area contributed by atoms with Crippen LogP contribution in [0, 0.1) is 12.8 Å². The van der Waals surface area contributed by atoms with Crippen LogP contribution >= 0.6 is 10.6 Å². The van der Waals surface area contributed by atoms with Crippen LogP contribution in [0.15, 0.2) is 29.2 Å². The number of hydrogen-bond acceptors (Lipinski definition) is 2. The second-order valence-corrected chi connectivity index (χ2v) is 9.59. The highest BCUT2D eigenvalue weighted by molar-refractivity contribution is 8.24. The molecule has 3 heteroatoms. The minimum absolute atomic E-state index is 0.00429. The molecule has 0 amide bonds. The molecule has 2 nitrogen and oxygen atoms in total. The average molecular weight is 339 g/mol. The Morgan fingerprint density at radius 3 is 1.83 bits per heavy atom. The Morgan fingerprint density at radius 1 is 0.783 bits per heavy atom. The number of rotatable bonds is 2. The molecule has 2 atom stereocenters. The van der Waals surface area contributed by atoms with Gasteiger partial charge in [-0.2, -0.15) is 10.6 Å². The second kappa shape index (κ2) is 9.10. The Labute approximate surface area is 144 Å². The molecule has 0 spiro atoms. The molecule has 0 aliphatic heterocycles.